The van der Waals surface area contributed by atoms with Gasteiger partial charge in [-0.15, -0.1) is 0 Å². The molecule has 0 bridgehead atoms. The number of amides is 2. The Balaban J connectivity index is 1.49. The summed E-state index contributed by atoms with van der Waals surface area (Å²) in [5.41, 5.74) is 18.4. The van der Waals surface area contributed by atoms with E-state index in [1.807, 2.05) is 54.6 Å². The first-order chi connectivity index (χ1) is 22.5. The molecule has 0 fully saturated rings. The molecular weight excluding hydrogens is 627 g/mol. The van der Waals surface area contributed by atoms with Crippen molar-refractivity contribution in [3.63, 3.8) is 0 Å². The molecule has 1 aromatic heterocycles. The van der Waals surface area contributed by atoms with Crippen LogP contribution in [0.3, 0.4) is 0 Å². The van der Waals surface area contributed by atoms with Crippen molar-refractivity contribution in [2.45, 2.75) is 41.4 Å². The fraction of sp³-hybridized carbons (Fsp3) is 0.176. The molecule has 242 valence electrons. The van der Waals surface area contributed by atoms with E-state index in [1.165, 1.54) is 12.1 Å². The molecule has 0 aliphatic heterocycles. The molecule has 1 heterocycles. The van der Waals surface area contributed by atoms with Gasteiger partial charge in [-0.3, -0.25) is 14.6 Å². The zero-order valence-electron chi connectivity index (χ0n) is 25.1. The first-order valence-corrected chi connectivity index (χ1v) is 15.5. The highest BCUT2D eigenvalue weighted by molar-refractivity contribution is 7.99. The SMILES string of the molecule is NC(=O)C(CCCN=C(N)N)n1c(-c2cccc(Sc3ccccc3)c2)nc2cc(C(=O)NCc3cccc(C(F)(F)F)c3)ccc21. The van der Waals surface area contributed by atoms with Crippen molar-refractivity contribution in [3.8, 4) is 11.4 Å². The van der Waals surface area contributed by atoms with Gasteiger partial charge in [-0.1, -0.05) is 54.2 Å². The average Bonchev–Trinajstić information content (AvgIpc) is 3.42. The highest BCUT2D eigenvalue weighted by Crippen LogP contribution is 2.35. The zero-order valence-corrected chi connectivity index (χ0v) is 25.9. The number of benzene rings is 4. The van der Waals surface area contributed by atoms with E-state index in [-0.39, 0.29) is 18.1 Å². The van der Waals surface area contributed by atoms with Gasteiger partial charge in [-0.25, -0.2) is 4.98 Å². The molecular formula is C34H32F3N7O2S. The number of imidazole rings is 1. The van der Waals surface area contributed by atoms with Gasteiger partial charge in [-0.2, -0.15) is 13.2 Å². The van der Waals surface area contributed by atoms with Gasteiger partial charge in [0.05, 0.1) is 16.6 Å². The number of hydrogen-bond donors (Lipinski definition) is 4. The number of primary amides is 1. The smallest absolute Gasteiger partial charge is 0.370 e. The van der Waals surface area contributed by atoms with E-state index in [2.05, 4.69) is 10.3 Å². The lowest BCUT2D eigenvalue weighted by atomic mass is 10.1. The molecule has 47 heavy (non-hydrogen) atoms. The summed E-state index contributed by atoms with van der Waals surface area (Å²) in [6.45, 7) is 0.194. The lowest BCUT2D eigenvalue weighted by Gasteiger charge is -2.19. The van der Waals surface area contributed by atoms with Gasteiger partial charge in [0, 0.05) is 34.0 Å². The van der Waals surface area contributed by atoms with E-state index in [9.17, 15) is 22.8 Å². The summed E-state index contributed by atoms with van der Waals surface area (Å²) >= 11 is 1.57. The molecule has 0 aliphatic rings. The van der Waals surface area contributed by atoms with Gasteiger partial charge in [-0.05, 0) is 73.0 Å². The Bertz CT molecular complexity index is 1920. The van der Waals surface area contributed by atoms with Gasteiger partial charge in [0.1, 0.15) is 11.9 Å². The molecule has 5 aromatic rings. The minimum absolute atomic E-state index is 0.0546. The standard InChI is InChI=1S/C34H32F3N7O2S/c35-34(36,37)24-9-4-7-21(17-24)20-42-32(46)23-14-15-28-27(19-23)43-31(44(28)29(30(38)45)13-6-16-41-33(39)40)22-8-5-12-26(18-22)47-25-10-2-1-3-11-25/h1-5,7-12,14-15,17-19,29H,6,13,16,20H2,(H2,38,45)(H,42,46)(H4,39,40,41). The van der Waals surface area contributed by atoms with Crippen molar-refractivity contribution in [1.29, 1.82) is 0 Å². The quantitative estimate of drug-likeness (QED) is 0.0745. The van der Waals surface area contributed by atoms with Crippen LogP contribution < -0.4 is 22.5 Å². The summed E-state index contributed by atoms with van der Waals surface area (Å²) in [7, 11) is 0. The highest BCUT2D eigenvalue weighted by Gasteiger charge is 2.30. The predicted octanol–water partition coefficient (Wildman–Crippen LogP) is 5.88. The molecule has 7 N–H and O–H groups in total. The fourth-order valence-electron chi connectivity index (χ4n) is 5.12. The maximum absolute atomic E-state index is 13.1. The Hall–Kier alpha value is -5.30. The van der Waals surface area contributed by atoms with E-state index < -0.39 is 29.6 Å². The number of aromatic nitrogens is 2. The largest absolute Gasteiger partial charge is 0.416 e. The van der Waals surface area contributed by atoms with Crippen LogP contribution in [0.5, 0.6) is 0 Å². The summed E-state index contributed by atoms with van der Waals surface area (Å²) in [5.74, 6) is -0.651. The normalized spacial score (nSPS) is 12.1. The maximum Gasteiger partial charge on any atom is 0.416 e. The van der Waals surface area contributed by atoms with Gasteiger partial charge in [0.25, 0.3) is 5.91 Å². The molecule has 2 amide bonds. The number of hydrogen-bond acceptors (Lipinski definition) is 5. The molecule has 0 aliphatic carbocycles. The minimum atomic E-state index is -4.49. The van der Waals surface area contributed by atoms with Crippen molar-refractivity contribution in [1.82, 2.24) is 14.9 Å². The van der Waals surface area contributed by atoms with Crippen LogP contribution in [0.15, 0.2) is 112 Å². The zero-order chi connectivity index (χ0) is 33.6. The number of nitrogens with zero attached hydrogens (tertiary/aromatic N) is 3. The Morgan fingerprint density at radius 3 is 2.36 bits per heavy atom. The first kappa shape index (κ1) is 33.1. The first-order valence-electron chi connectivity index (χ1n) is 14.6. The number of nitrogens with two attached hydrogens (primary N) is 3. The Labute approximate surface area is 273 Å². The van der Waals surface area contributed by atoms with Crippen molar-refractivity contribution >= 4 is 40.6 Å². The molecule has 13 heteroatoms. The molecule has 5 rings (SSSR count). The monoisotopic (exact) mass is 659 g/mol. The number of rotatable bonds is 12. The van der Waals surface area contributed by atoms with Crippen molar-refractivity contribution in [3.05, 3.63) is 114 Å². The third kappa shape index (κ3) is 8.30. The van der Waals surface area contributed by atoms with Crippen LogP contribution >= 0.6 is 11.8 Å². The minimum Gasteiger partial charge on any atom is -0.370 e. The second-order valence-corrected chi connectivity index (χ2v) is 11.8. The van der Waals surface area contributed by atoms with Gasteiger partial charge >= 0.3 is 6.18 Å². The maximum atomic E-state index is 13.1. The number of aliphatic imine (C=N–C) groups is 1. The van der Waals surface area contributed by atoms with Crippen molar-refractivity contribution in [2.24, 2.45) is 22.2 Å². The number of fused-ring (bicyclic) bond motifs is 1. The van der Waals surface area contributed by atoms with E-state index in [1.54, 1.807) is 34.5 Å². The van der Waals surface area contributed by atoms with Gasteiger partial charge < -0.3 is 27.1 Å². The van der Waals surface area contributed by atoms with Crippen LogP contribution in [0.25, 0.3) is 22.4 Å². The molecule has 4 aromatic carbocycles. The van der Waals surface area contributed by atoms with E-state index in [0.29, 0.717) is 41.8 Å². The van der Waals surface area contributed by atoms with Crippen molar-refractivity contribution < 1.29 is 22.8 Å². The highest BCUT2D eigenvalue weighted by atomic mass is 32.2. The molecule has 0 radical (unpaired) electrons. The molecule has 9 nitrogen and oxygen atoms in total. The van der Waals surface area contributed by atoms with Crippen LogP contribution in [0.4, 0.5) is 13.2 Å². The third-order valence-electron chi connectivity index (χ3n) is 7.30. The molecule has 0 spiro atoms. The lowest BCUT2D eigenvalue weighted by Crippen LogP contribution is -2.27. The molecule has 0 saturated carbocycles. The van der Waals surface area contributed by atoms with Gasteiger partial charge in [0.2, 0.25) is 5.91 Å². The Morgan fingerprint density at radius 2 is 1.64 bits per heavy atom. The number of carbonyl (C=O) groups excluding carboxylic acids is 2. The van der Waals surface area contributed by atoms with Crippen LogP contribution in [-0.4, -0.2) is 33.9 Å². The second kappa shape index (κ2) is 14.4. The summed E-state index contributed by atoms with van der Waals surface area (Å²) in [6.07, 6.45) is -3.71. The van der Waals surface area contributed by atoms with E-state index in [0.717, 1.165) is 27.5 Å². The van der Waals surface area contributed by atoms with Gasteiger partial charge in [0.15, 0.2) is 5.96 Å². The molecule has 1 unspecified atom stereocenters. The summed E-state index contributed by atoms with van der Waals surface area (Å²) in [4.78, 5) is 36.9. The van der Waals surface area contributed by atoms with Crippen molar-refractivity contribution in [2.75, 3.05) is 6.54 Å². The summed E-state index contributed by atoms with van der Waals surface area (Å²) in [5, 5.41) is 2.68. The average molecular weight is 660 g/mol. The van der Waals surface area contributed by atoms with Crippen LogP contribution in [-0.2, 0) is 17.5 Å². The Kier molecular flexibility index (Phi) is 10.1. The summed E-state index contributed by atoms with van der Waals surface area (Å²) in [6, 6.07) is 26.4. The number of carbonyl (C=O) groups is 2. The van der Waals surface area contributed by atoms with Crippen LogP contribution in [0.2, 0.25) is 0 Å². The van der Waals surface area contributed by atoms with E-state index >= 15 is 0 Å². The summed E-state index contributed by atoms with van der Waals surface area (Å²) < 4.78 is 41.2. The predicted molar refractivity (Wildman–Crippen MR) is 176 cm³/mol. The number of alkyl halides is 3. The number of guanidine groups is 1. The topological polar surface area (TPSA) is 154 Å². The molecule has 0 saturated heterocycles. The number of halogens is 3. The van der Waals surface area contributed by atoms with Crippen LogP contribution in [0.1, 0.15) is 40.4 Å². The third-order valence-corrected chi connectivity index (χ3v) is 8.30. The van der Waals surface area contributed by atoms with Crippen LogP contribution in [0, 0.1) is 0 Å². The second-order valence-electron chi connectivity index (χ2n) is 10.7. The van der Waals surface area contributed by atoms with E-state index in [4.69, 9.17) is 22.2 Å². The fourth-order valence-corrected chi connectivity index (χ4v) is 6.01. The molecule has 1 atom stereocenters. The lowest BCUT2D eigenvalue weighted by molar-refractivity contribution is -0.137. The Morgan fingerprint density at radius 1 is 0.894 bits per heavy atom. The number of nitrogens with one attached hydrogen (secondary N) is 1.